The summed E-state index contributed by atoms with van der Waals surface area (Å²) in [6.07, 6.45) is 1.51. The SMILES string of the molecule is CCN(CC)c1ccc2nc(-c3ccc(F)nc3)ccc2c1. The van der Waals surface area contributed by atoms with Gasteiger partial charge >= 0.3 is 0 Å². The first-order valence-corrected chi connectivity index (χ1v) is 7.49. The van der Waals surface area contributed by atoms with Gasteiger partial charge in [-0.2, -0.15) is 4.39 Å². The van der Waals surface area contributed by atoms with Crippen LogP contribution in [-0.4, -0.2) is 23.1 Å². The molecule has 0 saturated carbocycles. The molecule has 0 radical (unpaired) electrons. The second-order valence-electron chi connectivity index (χ2n) is 5.12. The van der Waals surface area contributed by atoms with Gasteiger partial charge in [-0.3, -0.25) is 0 Å². The fraction of sp³-hybridized carbons (Fsp3) is 0.222. The number of nitrogens with zero attached hydrogens (tertiary/aromatic N) is 3. The summed E-state index contributed by atoms with van der Waals surface area (Å²) < 4.78 is 12.9. The zero-order valence-corrected chi connectivity index (χ0v) is 12.8. The lowest BCUT2D eigenvalue weighted by Crippen LogP contribution is -2.21. The number of benzene rings is 1. The van der Waals surface area contributed by atoms with Crippen LogP contribution in [0.1, 0.15) is 13.8 Å². The summed E-state index contributed by atoms with van der Waals surface area (Å²) in [6, 6.07) is 13.3. The van der Waals surface area contributed by atoms with E-state index in [0.29, 0.717) is 0 Å². The van der Waals surface area contributed by atoms with Gasteiger partial charge in [-0.15, -0.1) is 0 Å². The number of hydrogen-bond acceptors (Lipinski definition) is 3. The minimum Gasteiger partial charge on any atom is -0.372 e. The van der Waals surface area contributed by atoms with Gasteiger partial charge in [-0.25, -0.2) is 9.97 Å². The monoisotopic (exact) mass is 295 g/mol. The molecule has 0 fully saturated rings. The first-order chi connectivity index (χ1) is 10.7. The second-order valence-corrected chi connectivity index (χ2v) is 5.12. The van der Waals surface area contributed by atoms with Crippen molar-refractivity contribution >= 4 is 16.6 Å². The molecule has 0 aliphatic carbocycles. The maximum atomic E-state index is 12.9. The largest absolute Gasteiger partial charge is 0.372 e. The highest BCUT2D eigenvalue weighted by Crippen LogP contribution is 2.24. The fourth-order valence-electron chi connectivity index (χ4n) is 2.59. The molecule has 22 heavy (non-hydrogen) atoms. The summed E-state index contributed by atoms with van der Waals surface area (Å²) in [7, 11) is 0. The standard InChI is InChI=1S/C18H18FN3/c1-3-22(4-2)15-7-9-16-13(11-15)5-8-17(21-16)14-6-10-18(19)20-12-14/h5-12H,3-4H2,1-2H3. The molecule has 112 valence electrons. The normalized spacial score (nSPS) is 10.9. The third-order valence-corrected chi connectivity index (χ3v) is 3.82. The smallest absolute Gasteiger partial charge is 0.212 e. The summed E-state index contributed by atoms with van der Waals surface area (Å²) in [4.78, 5) is 10.6. The van der Waals surface area contributed by atoms with Crippen molar-refractivity contribution in [3.8, 4) is 11.3 Å². The van der Waals surface area contributed by atoms with E-state index in [9.17, 15) is 4.39 Å². The molecule has 0 aliphatic heterocycles. The first kappa shape index (κ1) is 14.4. The minimum absolute atomic E-state index is 0.478. The summed E-state index contributed by atoms with van der Waals surface area (Å²) in [5.41, 5.74) is 3.75. The van der Waals surface area contributed by atoms with Crippen molar-refractivity contribution in [2.45, 2.75) is 13.8 Å². The Morgan fingerprint density at radius 2 is 1.82 bits per heavy atom. The predicted molar refractivity (Wildman–Crippen MR) is 88.5 cm³/mol. The van der Waals surface area contributed by atoms with Crippen LogP contribution in [0.2, 0.25) is 0 Å². The van der Waals surface area contributed by atoms with Crippen molar-refractivity contribution in [3.05, 3.63) is 54.6 Å². The molecule has 2 heterocycles. The number of hydrogen-bond donors (Lipinski definition) is 0. The van der Waals surface area contributed by atoms with E-state index < -0.39 is 5.95 Å². The van der Waals surface area contributed by atoms with Gasteiger partial charge in [0.05, 0.1) is 11.2 Å². The van der Waals surface area contributed by atoms with Gasteiger partial charge < -0.3 is 4.90 Å². The predicted octanol–water partition coefficient (Wildman–Crippen LogP) is 4.28. The molecule has 0 bridgehead atoms. The van der Waals surface area contributed by atoms with Crippen molar-refractivity contribution in [3.63, 3.8) is 0 Å². The zero-order valence-electron chi connectivity index (χ0n) is 12.8. The van der Waals surface area contributed by atoms with Crippen molar-refractivity contribution in [2.75, 3.05) is 18.0 Å². The van der Waals surface area contributed by atoms with Gasteiger partial charge in [-0.05, 0) is 50.2 Å². The van der Waals surface area contributed by atoms with Crippen molar-refractivity contribution < 1.29 is 4.39 Å². The summed E-state index contributed by atoms with van der Waals surface area (Å²) >= 11 is 0. The molecule has 0 amide bonds. The van der Waals surface area contributed by atoms with Crippen molar-refractivity contribution in [1.29, 1.82) is 0 Å². The van der Waals surface area contributed by atoms with Gasteiger partial charge in [0.25, 0.3) is 0 Å². The minimum atomic E-state index is -0.478. The average Bonchev–Trinajstić information content (AvgIpc) is 2.56. The molecule has 0 spiro atoms. The molecule has 0 N–H and O–H groups in total. The van der Waals surface area contributed by atoms with E-state index in [1.807, 2.05) is 18.2 Å². The average molecular weight is 295 g/mol. The molecular weight excluding hydrogens is 277 g/mol. The van der Waals surface area contributed by atoms with E-state index in [1.165, 1.54) is 18.0 Å². The summed E-state index contributed by atoms with van der Waals surface area (Å²) in [5.74, 6) is -0.478. The first-order valence-electron chi connectivity index (χ1n) is 7.49. The molecule has 3 aromatic rings. The lowest BCUT2D eigenvalue weighted by Gasteiger charge is -2.21. The molecular formula is C18H18FN3. The molecule has 1 aromatic carbocycles. The van der Waals surface area contributed by atoms with Crippen LogP contribution >= 0.6 is 0 Å². The molecule has 3 rings (SSSR count). The Bertz CT molecular complexity index is 780. The van der Waals surface area contributed by atoms with E-state index in [2.05, 4.69) is 40.8 Å². The fourth-order valence-corrected chi connectivity index (χ4v) is 2.59. The molecule has 0 saturated heterocycles. The maximum Gasteiger partial charge on any atom is 0.212 e. The Hall–Kier alpha value is -2.49. The van der Waals surface area contributed by atoms with Gasteiger partial charge in [0.15, 0.2) is 0 Å². The van der Waals surface area contributed by atoms with Gasteiger partial charge in [0.1, 0.15) is 0 Å². The zero-order chi connectivity index (χ0) is 15.5. The van der Waals surface area contributed by atoms with Crippen LogP contribution in [-0.2, 0) is 0 Å². The lowest BCUT2D eigenvalue weighted by molar-refractivity contribution is 0.584. The number of fused-ring (bicyclic) bond motifs is 1. The number of aromatic nitrogens is 2. The van der Waals surface area contributed by atoms with Gasteiger partial charge in [0.2, 0.25) is 5.95 Å². The van der Waals surface area contributed by atoms with Crippen molar-refractivity contribution in [1.82, 2.24) is 9.97 Å². The summed E-state index contributed by atoms with van der Waals surface area (Å²) in [5, 5.41) is 1.10. The number of pyridine rings is 2. The summed E-state index contributed by atoms with van der Waals surface area (Å²) in [6.45, 7) is 6.26. The Balaban J connectivity index is 2.00. The highest BCUT2D eigenvalue weighted by Gasteiger charge is 2.06. The van der Waals surface area contributed by atoms with Crippen LogP contribution in [0.15, 0.2) is 48.7 Å². The Labute approximate surface area is 129 Å². The second kappa shape index (κ2) is 6.10. The number of anilines is 1. The third kappa shape index (κ3) is 2.77. The third-order valence-electron chi connectivity index (χ3n) is 3.82. The van der Waals surface area contributed by atoms with Gasteiger partial charge in [0, 0.05) is 35.9 Å². The van der Waals surface area contributed by atoms with Crippen LogP contribution in [0.25, 0.3) is 22.2 Å². The van der Waals surface area contributed by atoms with E-state index in [1.54, 1.807) is 6.07 Å². The molecule has 4 heteroatoms. The Kier molecular flexibility index (Phi) is 4.00. The quantitative estimate of drug-likeness (QED) is 0.673. The highest BCUT2D eigenvalue weighted by atomic mass is 19.1. The highest BCUT2D eigenvalue weighted by molar-refractivity contribution is 5.84. The molecule has 0 atom stereocenters. The molecule has 0 aliphatic rings. The van der Waals surface area contributed by atoms with Crippen LogP contribution in [0.4, 0.5) is 10.1 Å². The van der Waals surface area contributed by atoms with Gasteiger partial charge in [-0.1, -0.05) is 6.07 Å². The molecule has 3 nitrogen and oxygen atoms in total. The van der Waals surface area contributed by atoms with Crippen molar-refractivity contribution in [2.24, 2.45) is 0 Å². The van der Waals surface area contributed by atoms with E-state index in [0.717, 1.165) is 35.2 Å². The van der Waals surface area contributed by atoms with E-state index in [4.69, 9.17) is 0 Å². The van der Waals surface area contributed by atoms with E-state index in [-0.39, 0.29) is 0 Å². The Morgan fingerprint density at radius 3 is 2.50 bits per heavy atom. The number of rotatable bonds is 4. The van der Waals surface area contributed by atoms with Crippen LogP contribution in [0.3, 0.4) is 0 Å². The lowest BCUT2D eigenvalue weighted by atomic mass is 10.1. The van der Waals surface area contributed by atoms with E-state index >= 15 is 0 Å². The van der Waals surface area contributed by atoms with Crippen LogP contribution in [0, 0.1) is 5.95 Å². The van der Waals surface area contributed by atoms with Crippen LogP contribution in [0.5, 0.6) is 0 Å². The van der Waals surface area contributed by atoms with Crippen LogP contribution < -0.4 is 4.90 Å². The maximum absolute atomic E-state index is 12.9. The molecule has 0 unspecified atom stereocenters. The Morgan fingerprint density at radius 1 is 1.00 bits per heavy atom. The topological polar surface area (TPSA) is 29.0 Å². The number of halogens is 1. The molecule has 2 aromatic heterocycles.